The van der Waals surface area contributed by atoms with E-state index in [4.69, 9.17) is 4.42 Å². The third-order valence-corrected chi connectivity index (χ3v) is 6.48. The Morgan fingerprint density at radius 1 is 1.12 bits per heavy atom. The molecule has 32 heavy (non-hydrogen) atoms. The second-order valence-electron chi connectivity index (χ2n) is 8.64. The highest BCUT2D eigenvalue weighted by molar-refractivity contribution is 6.05. The first kappa shape index (κ1) is 20.7. The number of hydrogen-bond acceptors (Lipinski definition) is 6. The fraction of sp³-hybridized carbons (Fsp3) is 0.435. The molecular weight excluding hydrogens is 415 g/mol. The number of piperidine rings is 1. The van der Waals surface area contributed by atoms with Gasteiger partial charge in [0, 0.05) is 44.7 Å². The Hall–Kier alpha value is -3.20. The summed E-state index contributed by atoms with van der Waals surface area (Å²) in [5.74, 6) is 0.221. The normalized spacial score (nSPS) is 21.8. The maximum atomic E-state index is 15.0. The lowest BCUT2D eigenvalue weighted by Gasteiger charge is -2.36. The van der Waals surface area contributed by atoms with Crippen molar-refractivity contribution in [1.82, 2.24) is 15.1 Å². The summed E-state index contributed by atoms with van der Waals surface area (Å²) in [6.45, 7) is 5.77. The molecule has 2 saturated heterocycles. The largest absolute Gasteiger partial charge is 0.465 e. The van der Waals surface area contributed by atoms with E-state index in [9.17, 15) is 18.8 Å². The Bertz CT molecular complexity index is 1090. The fourth-order valence-corrected chi connectivity index (χ4v) is 4.76. The molecule has 0 saturated carbocycles. The Kier molecular flexibility index (Phi) is 5.21. The first-order chi connectivity index (χ1) is 15.4. The Labute approximate surface area is 184 Å². The predicted octanol–water partition coefficient (Wildman–Crippen LogP) is 1.81. The molecule has 1 atom stereocenters. The number of carbonyl (C=O) groups excluding carboxylic acids is 3. The standard InChI is InChI=1S/C23H25FN4O4/c1-14-2-3-16(32-14)13-26-6-8-27(9-7-26)20-10-15-12-28(23(31)17(15)11-18(20)24)19-4-5-21(29)25-22(19)30/h2-3,10-11,19H,4-9,12-13H2,1H3,(H,25,29,30). The molecule has 8 nitrogen and oxygen atoms in total. The highest BCUT2D eigenvalue weighted by atomic mass is 19.1. The number of nitrogens with zero attached hydrogens (tertiary/aromatic N) is 3. The van der Waals surface area contributed by atoms with Crippen molar-refractivity contribution in [3.63, 3.8) is 0 Å². The summed E-state index contributed by atoms with van der Waals surface area (Å²) in [6.07, 6.45) is 0.481. The number of piperazine rings is 1. The Balaban J connectivity index is 1.27. The van der Waals surface area contributed by atoms with Gasteiger partial charge in [0.05, 0.1) is 12.2 Å². The van der Waals surface area contributed by atoms with Crippen molar-refractivity contribution in [3.8, 4) is 0 Å². The number of amides is 3. The van der Waals surface area contributed by atoms with Gasteiger partial charge in [0.1, 0.15) is 23.4 Å². The molecule has 3 aliphatic rings. The van der Waals surface area contributed by atoms with E-state index in [1.165, 1.54) is 11.0 Å². The molecule has 4 heterocycles. The van der Waals surface area contributed by atoms with Gasteiger partial charge in [-0.3, -0.25) is 24.6 Å². The molecule has 9 heteroatoms. The first-order valence-electron chi connectivity index (χ1n) is 10.9. The molecule has 0 radical (unpaired) electrons. The number of carbonyl (C=O) groups is 3. The van der Waals surface area contributed by atoms with Crippen LogP contribution in [0.15, 0.2) is 28.7 Å². The quantitative estimate of drug-likeness (QED) is 0.730. The van der Waals surface area contributed by atoms with Crippen LogP contribution in [0.2, 0.25) is 0 Å². The molecule has 3 amide bonds. The van der Waals surface area contributed by atoms with Crippen LogP contribution in [0, 0.1) is 12.7 Å². The van der Waals surface area contributed by atoms with E-state index in [1.807, 2.05) is 24.0 Å². The van der Waals surface area contributed by atoms with E-state index in [0.29, 0.717) is 29.9 Å². The molecule has 168 valence electrons. The maximum Gasteiger partial charge on any atom is 0.255 e. The lowest BCUT2D eigenvalue weighted by atomic mass is 10.0. The van der Waals surface area contributed by atoms with Crippen molar-refractivity contribution in [1.29, 1.82) is 0 Å². The van der Waals surface area contributed by atoms with Crippen molar-refractivity contribution < 1.29 is 23.2 Å². The van der Waals surface area contributed by atoms with Gasteiger partial charge in [0.25, 0.3) is 5.91 Å². The Morgan fingerprint density at radius 3 is 2.59 bits per heavy atom. The minimum absolute atomic E-state index is 0.192. The minimum atomic E-state index is -0.701. The molecule has 0 bridgehead atoms. The molecule has 5 rings (SSSR count). The molecular formula is C23H25FN4O4. The van der Waals surface area contributed by atoms with Gasteiger partial charge in [-0.05, 0) is 43.2 Å². The number of aryl methyl sites for hydroxylation is 1. The molecule has 0 spiro atoms. The fourth-order valence-electron chi connectivity index (χ4n) is 4.76. The van der Waals surface area contributed by atoms with Gasteiger partial charge in [0.2, 0.25) is 11.8 Å². The molecule has 1 aromatic carbocycles. The number of benzene rings is 1. The summed E-state index contributed by atoms with van der Waals surface area (Å²) in [6, 6.07) is 6.25. The SMILES string of the molecule is Cc1ccc(CN2CCN(c3cc4c(cc3F)C(=O)N(C3CCC(=O)NC3=O)C4)CC2)o1. The van der Waals surface area contributed by atoms with Crippen LogP contribution in [-0.2, 0) is 22.7 Å². The van der Waals surface area contributed by atoms with Crippen molar-refractivity contribution in [3.05, 3.63) is 52.7 Å². The number of nitrogens with one attached hydrogen (secondary N) is 1. The number of imide groups is 1. The van der Waals surface area contributed by atoms with Gasteiger partial charge in [-0.25, -0.2) is 4.39 Å². The molecule has 1 aromatic heterocycles. The van der Waals surface area contributed by atoms with Crippen LogP contribution in [-0.4, -0.2) is 59.7 Å². The molecule has 1 unspecified atom stereocenters. The smallest absolute Gasteiger partial charge is 0.255 e. The van der Waals surface area contributed by atoms with Crippen LogP contribution in [0.3, 0.4) is 0 Å². The van der Waals surface area contributed by atoms with Crippen LogP contribution in [0.4, 0.5) is 10.1 Å². The van der Waals surface area contributed by atoms with Crippen LogP contribution in [0.1, 0.15) is 40.3 Å². The van der Waals surface area contributed by atoms with Gasteiger partial charge in [-0.1, -0.05) is 0 Å². The van der Waals surface area contributed by atoms with Gasteiger partial charge >= 0.3 is 0 Å². The molecule has 2 fully saturated rings. The number of hydrogen-bond donors (Lipinski definition) is 1. The van der Waals surface area contributed by atoms with Gasteiger partial charge in [-0.2, -0.15) is 0 Å². The number of fused-ring (bicyclic) bond motifs is 1. The molecule has 3 aliphatic heterocycles. The van der Waals surface area contributed by atoms with Crippen LogP contribution < -0.4 is 10.2 Å². The van der Waals surface area contributed by atoms with E-state index in [2.05, 4.69) is 10.2 Å². The average Bonchev–Trinajstić information content (AvgIpc) is 3.31. The van der Waals surface area contributed by atoms with E-state index >= 15 is 0 Å². The second kappa shape index (κ2) is 8.05. The summed E-state index contributed by atoms with van der Waals surface area (Å²) in [5, 5.41) is 2.29. The third kappa shape index (κ3) is 3.77. The number of furan rings is 1. The average molecular weight is 440 g/mol. The summed E-state index contributed by atoms with van der Waals surface area (Å²) in [4.78, 5) is 42.2. The summed E-state index contributed by atoms with van der Waals surface area (Å²) in [7, 11) is 0. The highest BCUT2D eigenvalue weighted by Crippen LogP contribution is 2.33. The maximum absolute atomic E-state index is 15.0. The zero-order valence-electron chi connectivity index (χ0n) is 17.9. The lowest BCUT2D eigenvalue weighted by molar-refractivity contribution is -0.136. The zero-order chi connectivity index (χ0) is 22.4. The monoisotopic (exact) mass is 440 g/mol. The third-order valence-electron chi connectivity index (χ3n) is 6.48. The van der Waals surface area contributed by atoms with Gasteiger partial charge < -0.3 is 14.2 Å². The molecule has 0 aliphatic carbocycles. The summed E-state index contributed by atoms with van der Waals surface area (Å²) >= 11 is 0. The highest BCUT2D eigenvalue weighted by Gasteiger charge is 2.39. The molecule has 1 N–H and O–H groups in total. The molecule has 2 aromatic rings. The number of halogens is 1. The lowest BCUT2D eigenvalue weighted by Crippen LogP contribution is -2.52. The van der Waals surface area contributed by atoms with Crippen LogP contribution in [0.25, 0.3) is 0 Å². The van der Waals surface area contributed by atoms with Crippen molar-refractivity contribution in [2.75, 3.05) is 31.1 Å². The van der Waals surface area contributed by atoms with E-state index in [0.717, 1.165) is 31.2 Å². The minimum Gasteiger partial charge on any atom is -0.465 e. The first-order valence-corrected chi connectivity index (χ1v) is 10.9. The van der Waals surface area contributed by atoms with Crippen molar-refractivity contribution in [2.24, 2.45) is 0 Å². The van der Waals surface area contributed by atoms with Crippen LogP contribution in [0.5, 0.6) is 0 Å². The van der Waals surface area contributed by atoms with E-state index in [1.54, 1.807) is 6.07 Å². The van der Waals surface area contributed by atoms with Crippen LogP contribution >= 0.6 is 0 Å². The van der Waals surface area contributed by atoms with Gasteiger partial charge in [0.15, 0.2) is 0 Å². The van der Waals surface area contributed by atoms with E-state index < -0.39 is 17.8 Å². The summed E-state index contributed by atoms with van der Waals surface area (Å²) in [5.41, 5.74) is 1.49. The second-order valence-corrected chi connectivity index (χ2v) is 8.64. The zero-order valence-corrected chi connectivity index (χ0v) is 17.9. The number of anilines is 1. The van der Waals surface area contributed by atoms with Crippen molar-refractivity contribution in [2.45, 2.75) is 38.9 Å². The number of rotatable bonds is 4. The Morgan fingerprint density at radius 2 is 1.91 bits per heavy atom. The van der Waals surface area contributed by atoms with Crippen molar-refractivity contribution >= 4 is 23.4 Å². The topological polar surface area (TPSA) is 86.1 Å². The summed E-state index contributed by atoms with van der Waals surface area (Å²) < 4.78 is 20.6. The predicted molar refractivity (Wildman–Crippen MR) is 113 cm³/mol. The van der Waals surface area contributed by atoms with E-state index in [-0.39, 0.29) is 31.2 Å². The van der Waals surface area contributed by atoms with Gasteiger partial charge in [-0.15, -0.1) is 0 Å².